The molecule has 0 unspecified atom stereocenters. The molecule has 1 atom stereocenters. The van der Waals surface area contributed by atoms with E-state index in [-0.39, 0.29) is 18.4 Å². The predicted octanol–water partition coefficient (Wildman–Crippen LogP) is 6.27. The van der Waals surface area contributed by atoms with Gasteiger partial charge in [0.25, 0.3) is 0 Å². The number of carbonyl (C=O) groups excluding carboxylic acids is 3. The van der Waals surface area contributed by atoms with E-state index in [1.807, 2.05) is 24.3 Å². The van der Waals surface area contributed by atoms with E-state index in [1.54, 1.807) is 46.0 Å². The van der Waals surface area contributed by atoms with Crippen LogP contribution in [0.25, 0.3) is 11.1 Å². The van der Waals surface area contributed by atoms with E-state index in [2.05, 4.69) is 34.9 Å². The Morgan fingerprint density at radius 3 is 2.07 bits per heavy atom. The van der Waals surface area contributed by atoms with Gasteiger partial charge in [-0.15, -0.1) is 0 Å². The molecule has 1 aliphatic rings. The smallest absolute Gasteiger partial charge is 0.408 e. The lowest BCUT2D eigenvalue weighted by Crippen LogP contribution is -2.49. The van der Waals surface area contributed by atoms with Crippen molar-refractivity contribution in [2.75, 3.05) is 39.3 Å². The first kappa shape index (κ1) is 33.2. The average Bonchev–Trinajstić information content (AvgIpc) is 3.34. The van der Waals surface area contributed by atoms with Gasteiger partial charge in [-0.2, -0.15) is 0 Å². The summed E-state index contributed by atoms with van der Waals surface area (Å²) in [5, 5.41) is 5.53. The third kappa shape index (κ3) is 8.47. The second-order valence-electron chi connectivity index (χ2n) is 11.9. The number of hydrogen-bond acceptors (Lipinski definition) is 7. The Labute approximate surface area is 265 Å². The highest BCUT2D eigenvalue weighted by Crippen LogP contribution is 2.44. The van der Waals surface area contributed by atoms with Crippen LogP contribution in [0.1, 0.15) is 57.1 Å². The van der Waals surface area contributed by atoms with Crippen molar-refractivity contribution >= 4 is 23.8 Å². The Morgan fingerprint density at radius 2 is 1.47 bits per heavy atom. The number of amides is 3. The maximum absolute atomic E-state index is 13.6. The highest BCUT2D eigenvalue weighted by molar-refractivity contribution is 5.98. The number of alkyl carbamates (subject to hydrolysis) is 2. The minimum atomic E-state index is -0.854. The highest BCUT2D eigenvalue weighted by atomic mass is 16.6. The average molecular weight is 618 g/mol. The number of rotatable bonds is 12. The van der Waals surface area contributed by atoms with Gasteiger partial charge in [0.2, 0.25) is 5.91 Å². The molecule has 2 N–H and O–H groups in total. The molecular formula is C35H43N3O7. The highest BCUT2D eigenvalue weighted by Gasteiger charge is 2.30. The summed E-state index contributed by atoms with van der Waals surface area (Å²) in [7, 11) is 4.69. The van der Waals surface area contributed by atoms with Gasteiger partial charge in [-0.1, -0.05) is 48.5 Å². The predicted molar refractivity (Wildman–Crippen MR) is 173 cm³/mol. The van der Waals surface area contributed by atoms with Gasteiger partial charge in [0, 0.05) is 31.3 Å². The van der Waals surface area contributed by atoms with Crippen molar-refractivity contribution in [2.24, 2.45) is 0 Å². The minimum absolute atomic E-state index is 0.0171. The molecule has 10 nitrogen and oxygen atoms in total. The van der Waals surface area contributed by atoms with Gasteiger partial charge >= 0.3 is 12.2 Å². The van der Waals surface area contributed by atoms with Crippen LogP contribution in [-0.4, -0.2) is 64.2 Å². The molecule has 0 aliphatic heterocycles. The Morgan fingerprint density at radius 1 is 0.844 bits per heavy atom. The van der Waals surface area contributed by atoms with Gasteiger partial charge in [-0.05, 0) is 74.4 Å². The zero-order valence-electron chi connectivity index (χ0n) is 26.8. The van der Waals surface area contributed by atoms with Gasteiger partial charge in [0.15, 0.2) is 11.5 Å². The molecule has 1 aliphatic carbocycles. The molecule has 0 aromatic heterocycles. The Bertz CT molecular complexity index is 1460. The maximum Gasteiger partial charge on any atom is 0.408 e. The first-order chi connectivity index (χ1) is 21.5. The number of nitrogens with zero attached hydrogens (tertiary/aromatic N) is 1. The molecule has 0 saturated carbocycles. The van der Waals surface area contributed by atoms with Crippen molar-refractivity contribution in [3.8, 4) is 22.6 Å². The monoisotopic (exact) mass is 617 g/mol. The molecule has 45 heavy (non-hydrogen) atoms. The van der Waals surface area contributed by atoms with Crippen molar-refractivity contribution in [1.82, 2.24) is 10.6 Å². The van der Waals surface area contributed by atoms with Crippen LogP contribution in [0.15, 0.2) is 66.7 Å². The number of fused-ring (bicyclic) bond motifs is 3. The van der Waals surface area contributed by atoms with E-state index in [4.69, 9.17) is 18.9 Å². The van der Waals surface area contributed by atoms with Crippen LogP contribution in [0.3, 0.4) is 0 Å². The normalized spacial score (nSPS) is 12.8. The molecule has 0 bridgehead atoms. The van der Waals surface area contributed by atoms with Crippen molar-refractivity contribution < 1.29 is 33.3 Å². The fourth-order valence-electron chi connectivity index (χ4n) is 5.42. The zero-order valence-corrected chi connectivity index (χ0v) is 26.8. The molecule has 0 saturated heterocycles. The summed E-state index contributed by atoms with van der Waals surface area (Å²) in [6.07, 6.45) is 0.282. The van der Waals surface area contributed by atoms with Gasteiger partial charge in [0.05, 0.1) is 14.2 Å². The van der Waals surface area contributed by atoms with E-state index in [1.165, 1.54) is 30.2 Å². The first-order valence-electron chi connectivity index (χ1n) is 15.1. The molecule has 3 amide bonds. The second kappa shape index (κ2) is 14.8. The molecule has 0 spiro atoms. The fraction of sp³-hybridized carbons (Fsp3) is 0.400. The quantitative estimate of drug-likeness (QED) is 0.230. The van der Waals surface area contributed by atoms with E-state index in [0.717, 1.165) is 11.1 Å². The lowest BCUT2D eigenvalue weighted by molar-refractivity contribution is -0.120. The van der Waals surface area contributed by atoms with Gasteiger partial charge in [-0.25, -0.2) is 9.59 Å². The summed E-state index contributed by atoms with van der Waals surface area (Å²) in [6, 6.07) is 20.7. The Hall–Kier alpha value is -4.73. The summed E-state index contributed by atoms with van der Waals surface area (Å²) < 4.78 is 21.7. The van der Waals surface area contributed by atoms with E-state index < -0.39 is 23.8 Å². The number of nitrogens with one attached hydrogen (secondary N) is 2. The summed E-state index contributed by atoms with van der Waals surface area (Å²) >= 11 is 0. The number of anilines is 1. The van der Waals surface area contributed by atoms with Crippen molar-refractivity contribution in [1.29, 1.82) is 0 Å². The molecular weight excluding hydrogens is 574 g/mol. The standard InChI is InChI=1S/C35H43N3O7/c1-35(2,3)45-34(41)37-29(32(39)38(4)23-18-19-30(42-5)31(21-23)43-6)17-11-12-20-36-33(40)44-22-28-26-15-9-7-13-24(26)25-14-8-10-16-27(25)28/h7-10,13-16,18-19,21,28-29H,11-12,17,20,22H2,1-6H3,(H,36,40)(H,37,41)/t29-/m0/s1. The fourth-order valence-corrected chi connectivity index (χ4v) is 5.42. The van der Waals surface area contributed by atoms with Crippen molar-refractivity contribution in [2.45, 2.75) is 57.6 Å². The van der Waals surface area contributed by atoms with Crippen LogP contribution >= 0.6 is 0 Å². The third-order valence-corrected chi connectivity index (χ3v) is 7.61. The van der Waals surface area contributed by atoms with Crippen LogP contribution in [0.2, 0.25) is 0 Å². The van der Waals surface area contributed by atoms with Crippen LogP contribution in [0.4, 0.5) is 15.3 Å². The zero-order chi connectivity index (χ0) is 32.6. The van der Waals surface area contributed by atoms with Crippen LogP contribution in [-0.2, 0) is 14.3 Å². The van der Waals surface area contributed by atoms with Crippen LogP contribution in [0, 0.1) is 0 Å². The van der Waals surface area contributed by atoms with E-state index >= 15 is 0 Å². The number of methoxy groups -OCH3 is 2. The Kier molecular flexibility index (Phi) is 10.9. The molecule has 3 aromatic rings. The molecule has 0 heterocycles. The van der Waals surface area contributed by atoms with Gasteiger partial charge in [0.1, 0.15) is 18.2 Å². The SMILES string of the molecule is COc1ccc(N(C)C(=O)[C@H](CCCCNC(=O)OCC2c3ccccc3-c3ccccc32)NC(=O)OC(C)(C)C)cc1OC. The van der Waals surface area contributed by atoms with E-state index in [0.29, 0.717) is 43.0 Å². The molecule has 4 rings (SSSR count). The summed E-state index contributed by atoms with van der Waals surface area (Å²) in [5.41, 5.74) is 4.49. The molecule has 0 fully saturated rings. The summed E-state index contributed by atoms with van der Waals surface area (Å²) in [4.78, 5) is 40.2. The number of unbranched alkanes of at least 4 members (excludes halogenated alkanes) is 1. The number of hydrogen-bond donors (Lipinski definition) is 2. The van der Waals surface area contributed by atoms with Gasteiger partial charge in [-0.3, -0.25) is 4.79 Å². The third-order valence-electron chi connectivity index (χ3n) is 7.61. The molecule has 0 radical (unpaired) electrons. The maximum atomic E-state index is 13.6. The molecule has 240 valence electrons. The number of ether oxygens (including phenoxy) is 4. The number of benzene rings is 3. The van der Waals surface area contributed by atoms with Crippen molar-refractivity contribution in [3.05, 3.63) is 77.9 Å². The minimum Gasteiger partial charge on any atom is -0.493 e. The summed E-state index contributed by atoms with van der Waals surface area (Å²) in [6.45, 7) is 5.87. The largest absolute Gasteiger partial charge is 0.493 e. The second-order valence-corrected chi connectivity index (χ2v) is 11.9. The van der Waals surface area contributed by atoms with Crippen molar-refractivity contribution in [3.63, 3.8) is 0 Å². The first-order valence-corrected chi connectivity index (χ1v) is 15.1. The van der Waals surface area contributed by atoms with E-state index in [9.17, 15) is 14.4 Å². The number of likely N-dealkylation sites (N-methyl/N-ethyl adjacent to an activating group) is 1. The molecule has 3 aromatic carbocycles. The Balaban J connectivity index is 1.30. The van der Waals surface area contributed by atoms with Gasteiger partial charge < -0.3 is 34.5 Å². The van der Waals surface area contributed by atoms with Crippen LogP contribution < -0.4 is 25.0 Å². The molecule has 10 heteroatoms. The number of carbonyl (C=O) groups is 3. The topological polar surface area (TPSA) is 115 Å². The van der Waals surface area contributed by atoms with Crippen LogP contribution in [0.5, 0.6) is 11.5 Å². The lowest BCUT2D eigenvalue weighted by atomic mass is 9.98. The summed E-state index contributed by atoms with van der Waals surface area (Å²) in [5.74, 6) is 0.675. The lowest BCUT2D eigenvalue weighted by Gasteiger charge is -2.27.